The SMILES string of the molecule is CCN(C)NC(=O)Cc1csc(-c2ccccn2)n1. The summed E-state index contributed by atoms with van der Waals surface area (Å²) < 4.78 is 0. The van der Waals surface area contributed by atoms with Crippen molar-refractivity contribution in [3.63, 3.8) is 0 Å². The van der Waals surface area contributed by atoms with Crippen LogP contribution in [0.25, 0.3) is 10.7 Å². The van der Waals surface area contributed by atoms with E-state index >= 15 is 0 Å². The van der Waals surface area contributed by atoms with Crippen molar-refractivity contribution in [2.75, 3.05) is 13.6 Å². The van der Waals surface area contributed by atoms with Crippen molar-refractivity contribution >= 4 is 17.2 Å². The monoisotopic (exact) mass is 276 g/mol. The molecule has 0 aliphatic carbocycles. The third kappa shape index (κ3) is 3.84. The highest BCUT2D eigenvalue weighted by Crippen LogP contribution is 2.21. The Morgan fingerprint density at radius 3 is 3.00 bits per heavy atom. The molecule has 0 fully saturated rings. The molecule has 2 aromatic heterocycles. The molecule has 1 amide bonds. The summed E-state index contributed by atoms with van der Waals surface area (Å²) in [7, 11) is 1.83. The van der Waals surface area contributed by atoms with E-state index in [1.807, 2.05) is 37.6 Å². The van der Waals surface area contributed by atoms with E-state index < -0.39 is 0 Å². The summed E-state index contributed by atoms with van der Waals surface area (Å²) in [6.45, 7) is 2.74. The lowest BCUT2D eigenvalue weighted by Crippen LogP contribution is -2.39. The molecule has 0 atom stereocenters. The Hall–Kier alpha value is -1.79. The number of carbonyl (C=O) groups excluding carboxylic acids is 1. The van der Waals surface area contributed by atoms with Gasteiger partial charge in [0.1, 0.15) is 5.01 Å². The van der Waals surface area contributed by atoms with Crippen LogP contribution in [0.3, 0.4) is 0 Å². The highest BCUT2D eigenvalue weighted by Gasteiger charge is 2.10. The molecule has 0 saturated carbocycles. The molecule has 0 spiro atoms. The summed E-state index contributed by atoms with van der Waals surface area (Å²) in [5.74, 6) is -0.0535. The van der Waals surface area contributed by atoms with Crippen LogP contribution in [0.1, 0.15) is 12.6 Å². The number of pyridine rings is 1. The minimum atomic E-state index is -0.0535. The smallest absolute Gasteiger partial charge is 0.240 e. The first-order valence-electron chi connectivity index (χ1n) is 6.05. The molecule has 0 saturated heterocycles. The molecule has 0 radical (unpaired) electrons. The zero-order valence-electron chi connectivity index (χ0n) is 11.0. The van der Waals surface area contributed by atoms with Gasteiger partial charge in [0, 0.05) is 25.2 Å². The number of thiazole rings is 1. The molecule has 100 valence electrons. The van der Waals surface area contributed by atoms with E-state index in [1.54, 1.807) is 11.2 Å². The van der Waals surface area contributed by atoms with Crippen LogP contribution in [-0.2, 0) is 11.2 Å². The molecule has 0 bridgehead atoms. The molecule has 2 rings (SSSR count). The van der Waals surface area contributed by atoms with Gasteiger partial charge in [-0.15, -0.1) is 11.3 Å². The van der Waals surface area contributed by atoms with Gasteiger partial charge >= 0.3 is 0 Å². The van der Waals surface area contributed by atoms with E-state index in [9.17, 15) is 4.79 Å². The zero-order valence-corrected chi connectivity index (χ0v) is 11.8. The summed E-state index contributed by atoms with van der Waals surface area (Å²) in [5.41, 5.74) is 4.38. The molecule has 0 aliphatic rings. The molecule has 0 aromatic carbocycles. The average molecular weight is 276 g/mol. The Kier molecular flexibility index (Phi) is 4.59. The van der Waals surface area contributed by atoms with Crippen molar-refractivity contribution in [2.45, 2.75) is 13.3 Å². The third-order valence-electron chi connectivity index (χ3n) is 2.57. The maximum Gasteiger partial charge on any atom is 0.240 e. The highest BCUT2D eigenvalue weighted by molar-refractivity contribution is 7.13. The number of hydrogen-bond donors (Lipinski definition) is 1. The van der Waals surface area contributed by atoms with E-state index in [0.29, 0.717) is 0 Å². The van der Waals surface area contributed by atoms with Crippen molar-refractivity contribution in [2.24, 2.45) is 0 Å². The van der Waals surface area contributed by atoms with Gasteiger partial charge < -0.3 is 0 Å². The first kappa shape index (κ1) is 13.6. The Morgan fingerprint density at radius 1 is 1.47 bits per heavy atom. The van der Waals surface area contributed by atoms with Gasteiger partial charge in [-0.25, -0.2) is 9.99 Å². The summed E-state index contributed by atoms with van der Waals surface area (Å²) >= 11 is 1.50. The van der Waals surface area contributed by atoms with Crippen LogP contribution in [0, 0.1) is 0 Å². The fourth-order valence-corrected chi connectivity index (χ4v) is 2.29. The van der Waals surface area contributed by atoms with E-state index in [0.717, 1.165) is 22.9 Å². The van der Waals surface area contributed by atoms with E-state index in [2.05, 4.69) is 15.4 Å². The largest absolute Gasteiger partial charge is 0.289 e. The number of nitrogens with one attached hydrogen (secondary N) is 1. The van der Waals surface area contributed by atoms with Gasteiger partial charge in [0.15, 0.2) is 0 Å². The highest BCUT2D eigenvalue weighted by atomic mass is 32.1. The van der Waals surface area contributed by atoms with Crippen molar-refractivity contribution in [1.82, 2.24) is 20.4 Å². The molecule has 6 heteroatoms. The predicted octanol–water partition coefficient (Wildman–Crippen LogP) is 1.73. The normalized spacial score (nSPS) is 10.7. The van der Waals surface area contributed by atoms with Crippen LogP contribution in [0.5, 0.6) is 0 Å². The topological polar surface area (TPSA) is 58.1 Å². The fraction of sp³-hybridized carbons (Fsp3) is 0.308. The molecule has 5 nitrogen and oxygen atoms in total. The maximum absolute atomic E-state index is 11.7. The summed E-state index contributed by atoms with van der Waals surface area (Å²) in [6.07, 6.45) is 2.02. The van der Waals surface area contributed by atoms with Gasteiger partial charge in [-0.2, -0.15) is 0 Å². The Morgan fingerprint density at radius 2 is 2.32 bits per heavy atom. The first-order valence-corrected chi connectivity index (χ1v) is 6.93. The van der Waals surface area contributed by atoms with Gasteiger partial charge in [0.2, 0.25) is 5.91 Å². The summed E-state index contributed by atoms with van der Waals surface area (Å²) in [4.78, 5) is 20.4. The molecular formula is C13H16N4OS. The van der Waals surface area contributed by atoms with E-state index in [4.69, 9.17) is 0 Å². The van der Waals surface area contributed by atoms with E-state index in [-0.39, 0.29) is 12.3 Å². The number of hydrogen-bond acceptors (Lipinski definition) is 5. The molecule has 2 aromatic rings. The lowest BCUT2D eigenvalue weighted by Gasteiger charge is -2.14. The van der Waals surface area contributed by atoms with Gasteiger partial charge in [0.05, 0.1) is 17.8 Å². The van der Waals surface area contributed by atoms with Gasteiger partial charge in [-0.05, 0) is 12.1 Å². The van der Waals surface area contributed by atoms with Gasteiger partial charge in [0.25, 0.3) is 0 Å². The molecule has 0 aliphatic heterocycles. The third-order valence-corrected chi connectivity index (χ3v) is 3.48. The zero-order chi connectivity index (χ0) is 13.7. The fourth-order valence-electron chi connectivity index (χ4n) is 1.49. The van der Waals surface area contributed by atoms with Crippen molar-refractivity contribution in [3.05, 3.63) is 35.5 Å². The lowest BCUT2D eigenvalue weighted by molar-refractivity contribution is -0.124. The Labute approximate surface area is 116 Å². The minimum absolute atomic E-state index is 0.0535. The number of amides is 1. The first-order chi connectivity index (χ1) is 9.19. The van der Waals surface area contributed by atoms with Crippen LogP contribution in [0.15, 0.2) is 29.8 Å². The number of nitrogens with zero attached hydrogens (tertiary/aromatic N) is 3. The van der Waals surface area contributed by atoms with Crippen molar-refractivity contribution in [3.8, 4) is 10.7 Å². The quantitative estimate of drug-likeness (QED) is 0.845. The molecule has 2 heterocycles. The van der Waals surface area contributed by atoms with Crippen LogP contribution >= 0.6 is 11.3 Å². The average Bonchev–Trinajstić information content (AvgIpc) is 2.88. The van der Waals surface area contributed by atoms with Gasteiger partial charge in [-0.1, -0.05) is 13.0 Å². The molecule has 0 unspecified atom stereocenters. The maximum atomic E-state index is 11.7. The second-order valence-corrected chi connectivity index (χ2v) is 4.94. The lowest BCUT2D eigenvalue weighted by atomic mass is 10.3. The van der Waals surface area contributed by atoms with Crippen LogP contribution < -0.4 is 5.43 Å². The molecular weight excluding hydrogens is 260 g/mol. The molecule has 19 heavy (non-hydrogen) atoms. The number of rotatable bonds is 5. The van der Waals surface area contributed by atoms with Crippen LogP contribution in [0.2, 0.25) is 0 Å². The minimum Gasteiger partial charge on any atom is -0.289 e. The number of hydrazine groups is 1. The Bertz CT molecular complexity index is 541. The van der Waals surface area contributed by atoms with Crippen molar-refractivity contribution in [1.29, 1.82) is 0 Å². The number of carbonyl (C=O) groups is 1. The second-order valence-electron chi connectivity index (χ2n) is 4.08. The molecule has 1 N–H and O–H groups in total. The standard InChI is InChI=1S/C13H16N4OS/c1-3-17(2)16-12(18)8-10-9-19-13(15-10)11-6-4-5-7-14-11/h4-7,9H,3,8H2,1-2H3,(H,16,18). The van der Waals surface area contributed by atoms with Crippen LogP contribution in [0.4, 0.5) is 0 Å². The summed E-state index contributed by atoms with van der Waals surface area (Å²) in [6, 6.07) is 5.70. The van der Waals surface area contributed by atoms with Crippen molar-refractivity contribution < 1.29 is 4.79 Å². The van der Waals surface area contributed by atoms with E-state index in [1.165, 1.54) is 11.3 Å². The van der Waals surface area contributed by atoms with Crippen LogP contribution in [-0.4, -0.2) is 34.5 Å². The second kappa shape index (κ2) is 6.40. The predicted molar refractivity (Wildman–Crippen MR) is 75.5 cm³/mol. The Balaban J connectivity index is 2.00. The van der Waals surface area contributed by atoms with Gasteiger partial charge in [-0.3, -0.25) is 15.2 Å². The summed E-state index contributed by atoms with van der Waals surface area (Å²) in [5, 5.41) is 4.48. The number of aromatic nitrogens is 2.